The number of rotatable bonds is 9. The van der Waals surface area contributed by atoms with Crippen molar-refractivity contribution in [2.75, 3.05) is 5.75 Å². The molecule has 0 atom stereocenters. The summed E-state index contributed by atoms with van der Waals surface area (Å²) in [6, 6.07) is 9.92. The molecule has 1 N–H and O–H groups in total. The minimum Gasteiger partial charge on any atom is -0.271 e. The lowest BCUT2D eigenvalue weighted by Crippen LogP contribution is -2.11. The second-order valence-electron chi connectivity index (χ2n) is 3.19. The van der Waals surface area contributed by atoms with E-state index in [1.54, 1.807) is 0 Å². The molecular formula is C12H17NO2S. The first kappa shape index (κ1) is 13.3. The van der Waals surface area contributed by atoms with Crippen LogP contribution in [0.5, 0.6) is 0 Å². The normalized spacial score (nSPS) is 10.2. The van der Waals surface area contributed by atoms with Crippen LogP contribution in [0, 0.1) is 0 Å². The SMILES string of the molecule is C=CCCCSONOCc1ccccc1. The van der Waals surface area contributed by atoms with Crippen LogP contribution >= 0.6 is 12.0 Å². The average Bonchev–Trinajstić information content (AvgIpc) is 2.34. The zero-order valence-electron chi connectivity index (χ0n) is 9.22. The summed E-state index contributed by atoms with van der Waals surface area (Å²) in [5.41, 5.74) is 3.55. The monoisotopic (exact) mass is 239 g/mol. The molecular weight excluding hydrogens is 222 g/mol. The van der Waals surface area contributed by atoms with Gasteiger partial charge < -0.3 is 0 Å². The highest BCUT2D eigenvalue weighted by molar-refractivity contribution is 7.94. The lowest BCUT2D eigenvalue weighted by Gasteiger charge is -2.04. The van der Waals surface area contributed by atoms with Crippen LogP contribution in [-0.4, -0.2) is 5.75 Å². The van der Waals surface area contributed by atoms with Crippen molar-refractivity contribution in [3.63, 3.8) is 0 Å². The molecule has 0 saturated heterocycles. The van der Waals surface area contributed by atoms with E-state index < -0.39 is 0 Å². The fourth-order valence-corrected chi connectivity index (χ4v) is 1.53. The van der Waals surface area contributed by atoms with Crippen LogP contribution in [0.15, 0.2) is 43.0 Å². The Morgan fingerprint density at radius 2 is 2.12 bits per heavy atom. The average molecular weight is 239 g/mol. The molecule has 1 rings (SSSR count). The minimum atomic E-state index is 0.494. The first-order valence-corrected chi connectivity index (χ1v) is 6.14. The Morgan fingerprint density at radius 1 is 1.31 bits per heavy atom. The van der Waals surface area contributed by atoms with E-state index in [-0.39, 0.29) is 0 Å². The van der Waals surface area contributed by atoms with Gasteiger partial charge in [-0.15, -0.1) is 6.58 Å². The van der Waals surface area contributed by atoms with Crippen molar-refractivity contribution in [1.29, 1.82) is 0 Å². The molecule has 0 heterocycles. The molecule has 0 radical (unpaired) electrons. The first-order chi connectivity index (χ1) is 7.93. The van der Waals surface area contributed by atoms with Crippen LogP contribution in [0.25, 0.3) is 0 Å². The highest BCUT2D eigenvalue weighted by Gasteiger charge is 1.92. The molecule has 0 bridgehead atoms. The lowest BCUT2D eigenvalue weighted by atomic mass is 10.2. The van der Waals surface area contributed by atoms with E-state index in [4.69, 9.17) is 9.12 Å². The van der Waals surface area contributed by atoms with E-state index in [0.717, 1.165) is 24.2 Å². The van der Waals surface area contributed by atoms with Gasteiger partial charge in [0.25, 0.3) is 0 Å². The Bertz CT molecular complexity index is 280. The van der Waals surface area contributed by atoms with Gasteiger partial charge in [-0.3, -0.25) is 4.84 Å². The second-order valence-corrected chi connectivity index (χ2v) is 4.00. The maximum absolute atomic E-state index is 5.11. The molecule has 0 aliphatic heterocycles. The number of hydrogen-bond acceptors (Lipinski definition) is 4. The van der Waals surface area contributed by atoms with Crippen molar-refractivity contribution in [1.82, 2.24) is 5.64 Å². The van der Waals surface area contributed by atoms with Gasteiger partial charge in [0, 0.05) is 17.8 Å². The lowest BCUT2D eigenvalue weighted by molar-refractivity contribution is -0.105. The molecule has 1 aromatic carbocycles. The Labute approximate surface area is 101 Å². The highest BCUT2D eigenvalue weighted by Crippen LogP contribution is 2.05. The standard InChI is InChI=1S/C12H17NO2S/c1-2-3-7-10-16-15-13-14-11-12-8-5-4-6-9-12/h2,4-6,8-9,13H,1,3,7,10-11H2. The fourth-order valence-electron chi connectivity index (χ4n) is 1.06. The van der Waals surface area contributed by atoms with Gasteiger partial charge in [-0.05, 0) is 18.4 Å². The van der Waals surface area contributed by atoms with Gasteiger partial charge in [-0.25, -0.2) is 4.28 Å². The predicted octanol–water partition coefficient (Wildman–Crippen LogP) is 3.25. The smallest absolute Gasteiger partial charge is 0.0960 e. The third kappa shape index (κ3) is 6.63. The van der Waals surface area contributed by atoms with E-state index in [1.807, 2.05) is 36.4 Å². The maximum atomic E-state index is 5.11. The zero-order valence-corrected chi connectivity index (χ0v) is 10.0. The predicted molar refractivity (Wildman–Crippen MR) is 67.3 cm³/mol. The van der Waals surface area contributed by atoms with Crippen molar-refractivity contribution in [3.8, 4) is 0 Å². The van der Waals surface area contributed by atoms with Crippen molar-refractivity contribution in [2.45, 2.75) is 19.4 Å². The number of benzene rings is 1. The van der Waals surface area contributed by atoms with Gasteiger partial charge in [-0.2, -0.15) is 0 Å². The van der Waals surface area contributed by atoms with Crippen molar-refractivity contribution < 1.29 is 9.12 Å². The quantitative estimate of drug-likeness (QED) is 0.310. The largest absolute Gasteiger partial charge is 0.271 e. The molecule has 1 aromatic rings. The molecule has 0 unspecified atom stereocenters. The number of nitrogens with one attached hydrogen (secondary N) is 1. The highest BCUT2D eigenvalue weighted by atomic mass is 32.2. The summed E-state index contributed by atoms with van der Waals surface area (Å²) >= 11 is 1.34. The van der Waals surface area contributed by atoms with E-state index >= 15 is 0 Å². The second kappa shape index (κ2) is 9.42. The summed E-state index contributed by atoms with van der Waals surface area (Å²) in [5, 5.41) is 0. The number of unbranched alkanes of at least 4 members (excludes halogenated alkanes) is 1. The van der Waals surface area contributed by atoms with Gasteiger partial charge in [-0.1, -0.05) is 42.1 Å². The van der Waals surface area contributed by atoms with Crippen LogP contribution in [-0.2, 0) is 15.7 Å². The Balaban J connectivity index is 1.90. The molecule has 16 heavy (non-hydrogen) atoms. The van der Waals surface area contributed by atoms with E-state index in [9.17, 15) is 0 Å². The minimum absolute atomic E-state index is 0.494. The number of allylic oxidation sites excluding steroid dienone is 1. The Hall–Kier alpha value is -0.810. The van der Waals surface area contributed by atoms with E-state index in [1.165, 1.54) is 12.0 Å². The molecule has 0 aliphatic rings. The van der Waals surface area contributed by atoms with Gasteiger partial charge in [0.1, 0.15) is 0 Å². The molecule has 3 nitrogen and oxygen atoms in total. The van der Waals surface area contributed by atoms with Gasteiger partial charge >= 0.3 is 0 Å². The third-order valence-electron chi connectivity index (χ3n) is 1.87. The van der Waals surface area contributed by atoms with Crippen LogP contribution in [0.1, 0.15) is 18.4 Å². The zero-order chi connectivity index (χ0) is 11.5. The summed E-state index contributed by atoms with van der Waals surface area (Å²) in [5.74, 6) is 0.924. The summed E-state index contributed by atoms with van der Waals surface area (Å²) in [7, 11) is 0. The van der Waals surface area contributed by atoms with Gasteiger partial charge in [0.2, 0.25) is 0 Å². The van der Waals surface area contributed by atoms with Crippen LogP contribution < -0.4 is 5.64 Å². The van der Waals surface area contributed by atoms with Crippen molar-refractivity contribution in [2.24, 2.45) is 0 Å². The van der Waals surface area contributed by atoms with Crippen molar-refractivity contribution >= 4 is 12.0 Å². The Morgan fingerprint density at radius 3 is 2.88 bits per heavy atom. The molecule has 0 amide bonds. The molecule has 4 heteroatoms. The Kier molecular flexibility index (Phi) is 7.80. The summed E-state index contributed by atoms with van der Waals surface area (Å²) in [4.78, 5) is 5.11. The van der Waals surface area contributed by atoms with Crippen LogP contribution in [0.4, 0.5) is 0 Å². The molecule has 0 spiro atoms. The topological polar surface area (TPSA) is 30.5 Å². The maximum Gasteiger partial charge on any atom is 0.0960 e. The first-order valence-electron chi connectivity index (χ1n) is 5.23. The molecule has 88 valence electrons. The molecule has 0 fully saturated rings. The van der Waals surface area contributed by atoms with Gasteiger partial charge in [0.05, 0.1) is 6.61 Å². The van der Waals surface area contributed by atoms with E-state index in [2.05, 4.69) is 12.2 Å². The summed E-state index contributed by atoms with van der Waals surface area (Å²) in [6.07, 6.45) is 3.98. The van der Waals surface area contributed by atoms with Gasteiger partial charge in [0.15, 0.2) is 0 Å². The molecule has 0 aromatic heterocycles. The summed E-state index contributed by atoms with van der Waals surface area (Å²) in [6.45, 7) is 4.15. The number of hydrogen-bond donors (Lipinski definition) is 1. The van der Waals surface area contributed by atoms with E-state index in [0.29, 0.717) is 6.61 Å². The van der Waals surface area contributed by atoms with Crippen LogP contribution in [0.3, 0.4) is 0 Å². The third-order valence-corrected chi connectivity index (χ3v) is 2.51. The fraction of sp³-hybridized carbons (Fsp3) is 0.333. The molecule has 0 aliphatic carbocycles. The van der Waals surface area contributed by atoms with Crippen molar-refractivity contribution in [3.05, 3.63) is 48.6 Å². The van der Waals surface area contributed by atoms with Crippen LogP contribution in [0.2, 0.25) is 0 Å². The molecule has 0 saturated carbocycles. The summed E-state index contributed by atoms with van der Waals surface area (Å²) < 4.78 is 5.01.